The average Bonchev–Trinajstić information content (AvgIpc) is 3.11. The van der Waals surface area contributed by atoms with E-state index in [-0.39, 0.29) is 11.8 Å². The van der Waals surface area contributed by atoms with E-state index < -0.39 is 10.0 Å². The van der Waals surface area contributed by atoms with Gasteiger partial charge in [0.1, 0.15) is 0 Å². The summed E-state index contributed by atoms with van der Waals surface area (Å²) in [6.07, 6.45) is 0.679. The first-order valence-corrected chi connectivity index (χ1v) is 9.57. The summed E-state index contributed by atoms with van der Waals surface area (Å²) < 4.78 is 31.1. The van der Waals surface area contributed by atoms with E-state index in [1.54, 1.807) is 6.92 Å². The Kier molecular flexibility index (Phi) is 4.60. The predicted molar refractivity (Wildman–Crippen MR) is 91.1 cm³/mol. The van der Waals surface area contributed by atoms with E-state index in [2.05, 4.69) is 22.0 Å². The fourth-order valence-electron chi connectivity index (χ4n) is 2.88. The van der Waals surface area contributed by atoms with Gasteiger partial charge in [0.05, 0.1) is 18.0 Å². The molecule has 1 aromatic carbocycles. The molecule has 2 aromatic rings. The molecule has 0 unspecified atom stereocenters. The minimum absolute atomic E-state index is 0.0856. The van der Waals surface area contributed by atoms with Crippen molar-refractivity contribution >= 4 is 15.7 Å². The van der Waals surface area contributed by atoms with Crippen molar-refractivity contribution in [3.05, 3.63) is 41.6 Å². The van der Waals surface area contributed by atoms with Gasteiger partial charge in [-0.05, 0) is 38.1 Å². The van der Waals surface area contributed by atoms with Gasteiger partial charge in [0, 0.05) is 19.5 Å². The quantitative estimate of drug-likeness (QED) is 0.822. The van der Waals surface area contributed by atoms with Gasteiger partial charge in [-0.3, -0.25) is 9.21 Å². The van der Waals surface area contributed by atoms with Crippen LogP contribution in [0.2, 0.25) is 0 Å². The minimum Gasteiger partial charge on any atom is -0.424 e. The Labute approximate surface area is 142 Å². The van der Waals surface area contributed by atoms with Crippen LogP contribution in [0.5, 0.6) is 0 Å². The van der Waals surface area contributed by atoms with Crippen molar-refractivity contribution in [2.45, 2.75) is 32.9 Å². The molecule has 7 nitrogen and oxygen atoms in total. The van der Waals surface area contributed by atoms with Crippen molar-refractivity contribution in [2.24, 2.45) is 0 Å². The number of hydrogen-bond acceptors (Lipinski definition) is 6. The van der Waals surface area contributed by atoms with Crippen LogP contribution in [0.4, 0.5) is 5.69 Å². The lowest BCUT2D eigenvalue weighted by Gasteiger charge is -2.25. The lowest BCUT2D eigenvalue weighted by Crippen LogP contribution is -2.26. The van der Waals surface area contributed by atoms with Crippen LogP contribution in [-0.4, -0.2) is 42.9 Å². The van der Waals surface area contributed by atoms with Crippen molar-refractivity contribution < 1.29 is 12.8 Å². The molecule has 1 aromatic heterocycles. The Morgan fingerprint density at radius 1 is 1.38 bits per heavy atom. The Morgan fingerprint density at radius 3 is 2.79 bits per heavy atom. The van der Waals surface area contributed by atoms with Gasteiger partial charge in [0.15, 0.2) is 0 Å². The molecule has 0 aliphatic carbocycles. The monoisotopic (exact) mass is 350 g/mol. The number of rotatable bonds is 5. The van der Waals surface area contributed by atoms with Gasteiger partial charge >= 0.3 is 0 Å². The maximum absolute atomic E-state index is 12.1. The minimum atomic E-state index is -3.16. The molecule has 0 amide bonds. The number of aryl methyl sites for hydroxylation is 1. The molecule has 0 radical (unpaired) electrons. The number of anilines is 1. The normalized spacial score (nSPS) is 18.2. The molecule has 0 spiro atoms. The van der Waals surface area contributed by atoms with Crippen LogP contribution < -0.4 is 4.31 Å². The summed E-state index contributed by atoms with van der Waals surface area (Å²) >= 11 is 0. The topological polar surface area (TPSA) is 79.5 Å². The maximum Gasteiger partial charge on any atom is 0.235 e. The first kappa shape index (κ1) is 16.9. The average molecular weight is 350 g/mol. The van der Waals surface area contributed by atoms with Gasteiger partial charge in [-0.15, -0.1) is 10.2 Å². The summed E-state index contributed by atoms with van der Waals surface area (Å²) in [7, 11) is -1.19. The Hall–Kier alpha value is -1.93. The number of aromatic nitrogens is 2. The van der Waals surface area contributed by atoms with Gasteiger partial charge in [-0.25, -0.2) is 8.42 Å². The molecular formula is C16H22N4O3S. The third kappa shape index (κ3) is 3.44. The second-order valence-corrected chi connectivity index (χ2v) is 8.16. The van der Waals surface area contributed by atoms with E-state index in [1.165, 1.54) is 4.31 Å². The number of sulfonamides is 1. The summed E-state index contributed by atoms with van der Waals surface area (Å²) in [6.45, 7) is 4.92. The highest BCUT2D eigenvalue weighted by atomic mass is 32.2. The molecule has 8 heteroatoms. The first-order valence-electron chi connectivity index (χ1n) is 7.96. The van der Waals surface area contributed by atoms with Gasteiger partial charge in [0.25, 0.3) is 0 Å². The van der Waals surface area contributed by atoms with Crippen molar-refractivity contribution in [2.75, 3.05) is 23.7 Å². The zero-order valence-electron chi connectivity index (χ0n) is 14.1. The fourth-order valence-corrected chi connectivity index (χ4v) is 4.43. The maximum atomic E-state index is 12.1. The van der Waals surface area contributed by atoms with E-state index >= 15 is 0 Å². The third-order valence-electron chi connectivity index (χ3n) is 4.35. The second-order valence-electron chi connectivity index (χ2n) is 6.14. The summed E-state index contributed by atoms with van der Waals surface area (Å²) in [4.78, 5) is 2.09. The number of hydrogen-bond donors (Lipinski definition) is 0. The van der Waals surface area contributed by atoms with Crippen LogP contribution in [-0.2, 0) is 16.6 Å². The predicted octanol–water partition coefficient (Wildman–Crippen LogP) is 2.11. The molecular weight excluding hydrogens is 328 g/mol. The van der Waals surface area contributed by atoms with Crippen LogP contribution in [0.15, 0.2) is 28.7 Å². The van der Waals surface area contributed by atoms with Crippen LogP contribution in [0.3, 0.4) is 0 Å². The molecule has 24 heavy (non-hydrogen) atoms. The molecule has 130 valence electrons. The second kappa shape index (κ2) is 6.52. The van der Waals surface area contributed by atoms with Crippen LogP contribution in [0.25, 0.3) is 0 Å². The molecule has 0 saturated carbocycles. The van der Waals surface area contributed by atoms with Gasteiger partial charge < -0.3 is 4.42 Å². The zero-order chi connectivity index (χ0) is 17.3. The SMILES string of the molecule is Cc1nnc(CN(C)[C@H](C)c2cccc(N3CCCS3(=O)=O)c2)o1. The van der Waals surface area contributed by atoms with E-state index in [4.69, 9.17) is 4.42 Å². The van der Waals surface area contributed by atoms with Gasteiger partial charge in [-0.1, -0.05) is 12.1 Å². The molecule has 1 aliphatic rings. The smallest absolute Gasteiger partial charge is 0.235 e. The van der Waals surface area contributed by atoms with Crippen LogP contribution in [0, 0.1) is 6.92 Å². The Morgan fingerprint density at radius 2 is 2.17 bits per heavy atom. The van der Waals surface area contributed by atoms with E-state index in [1.807, 2.05) is 31.3 Å². The lowest BCUT2D eigenvalue weighted by atomic mass is 10.1. The Balaban J connectivity index is 1.77. The fraction of sp³-hybridized carbons (Fsp3) is 0.500. The molecule has 0 bridgehead atoms. The van der Waals surface area contributed by atoms with Crippen molar-refractivity contribution in [3.63, 3.8) is 0 Å². The summed E-state index contributed by atoms with van der Waals surface area (Å²) in [6, 6.07) is 7.79. The highest BCUT2D eigenvalue weighted by Crippen LogP contribution is 2.28. The number of nitrogens with zero attached hydrogens (tertiary/aromatic N) is 4. The molecule has 1 fully saturated rings. The molecule has 0 N–H and O–H groups in total. The summed E-state index contributed by atoms with van der Waals surface area (Å²) in [5.74, 6) is 1.34. The van der Waals surface area contributed by atoms with Crippen molar-refractivity contribution in [1.82, 2.24) is 15.1 Å². The van der Waals surface area contributed by atoms with E-state index in [0.29, 0.717) is 31.3 Å². The molecule has 1 atom stereocenters. The highest BCUT2D eigenvalue weighted by molar-refractivity contribution is 7.93. The highest BCUT2D eigenvalue weighted by Gasteiger charge is 2.28. The van der Waals surface area contributed by atoms with Crippen LogP contribution in [0.1, 0.15) is 36.7 Å². The van der Waals surface area contributed by atoms with E-state index in [0.717, 1.165) is 11.3 Å². The lowest BCUT2D eigenvalue weighted by molar-refractivity contribution is 0.226. The standard InChI is InChI=1S/C16H22N4O3S/c1-12(19(3)11-16-18-17-13(2)23-16)14-6-4-7-15(10-14)20-8-5-9-24(20,21)22/h4,6-7,10,12H,5,8-9,11H2,1-3H3/t12-/m1/s1. The molecule has 3 rings (SSSR count). The van der Waals surface area contributed by atoms with Gasteiger partial charge in [0.2, 0.25) is 21.8 Å². The summed E-state index contributed by atoms with van der Waals surface area (Å²) in [5, 5.41) is 7.85. The van der Waals surface area contributed by atoms with E-state index in [9.17, 15) is 8.42 Å². The van der Waals surface area contributed by atoms with Gasteiger partial charge in [-0.2, -0.15) is 0 Å². The summed E-state index contributed by atoms with van der Waals surface area (Å²) in [5.41, 5.74) is 1.78. The van der Waals surface area contributed by atoms with Crippen LogP contribution >= 0.6 is 0 Å². The molecule has 1 saturated heterocycles. The van der Waals surface area contributed by atoms with Crippen molar-refractivity contribution in [1.29, 1.82) is 0 Å². The van der Waals surface area contributed by atoms with Crippen molar-refractivity contribution in [3.8, 4) is 0 Å². The number of benzene rings is 1. The third-order valence-corrected chi connectivity index (χ3v) is 6.22. The Bertz CT molecular complexity index is 818. The largest absolute Gasteiger partial charge is 0.424 e. The first-order chi connectivity index (χ1) is 11.4. The molecule has 1 aliphatic heterocycles. The zero-order valence-corrected chi connectivity index (χ0v) is 15.0. The molecule has 2 heterocycles.